The van der Waals surface area contributed by atoms with Gasteiger partial charge in [-0.25, -0.2) is 0 Å². The van der Waals surface area contributed by atoms with E-state index in [1.54, 1.807) is 11.3 Å². The second kappa shape index (κ2) is 6.00. The zero-order chi connectivity index (χ0) is 14.0. The lowest BCUT2D eigenvalue weighted by molar-refractivity contribution is 0.0831. The van der Waals surface area contributed by atoms with Crippen LogP contribution in [0.15, 0.2) is 46.3 Å². The zero-order valence-electron chi connectivity index (χ0n) is 11.4. The first-order valence-electron chi connectivity index (χ1n) is 7.18. The van der Waals surface area contributed by atoms with Crippen LogP contribution in [0.3, 0.4) is 0 Å². The van der Waals surface area contributed by atoms with Crippen LogP contribution in [0, 0.1) is 0 Å². The smallest absolute Gasteiger partial charge is 0.0685 e. The van der Waals surface area contributed by atoms with Crippen molar-refractivity contribution < 1.29 is 5.11 Å². The van der Waals surface area contributed by atoms with E-state index >= 15 is 0 Å². The van der Waals surface area contributed by atoms with Gasteiger partial charge in [-0.3, -0.25) is 0 Å². The molecule has 1 heterocycles. The van der Waals surface area contributed by atoms with E-state index in [0.717, 1.165) is 23.7 Å². The Hall–Kier alpha value is -0.640. The van der Waals surface area contributed by atoms with E-state index in [4.69, 9.17) is 0 Å². The first-order chi connectivity index (χ1) is 9.72. The van der Waals surface area contributed by atoms with E-state index in [0.29, 0.717) is 0 Å². The van der Waals surface area contributed by atoms with Gasteiger partial charge in [0.05, 0.1) is 6.10 Å². The average Bonchev–Trinajstić information content (AvgIpc) is 3.11. The SMILES string of the molecule is OC(Cc1sccc1Br)C1(c2ccccc2)CCCC1. The zero-order valence-corrected chi connectivity index (χ0v) is 13.8. The van der Waals surface area contributed by atoms with Crippen molar-refractivity contribution in [1.82, 2.24) is 0 Å². The summed E-state index contributed by atoms with van der Waals surface area (Å²) >= 11 is 5.30. The van der Waals surface area contributed by atoms with Crippen LogP contribution < -0.4 is 0 Å². The fraction of sp³-hybridized carbons (Fsp3) is 0.412. The maximum absolute atomic E-state index is 10.9. The van der Waals surface area contributed by atoms with Gasteiger partial charge in [-0.1, -0.05) is 43.2 Å². The molecule has 0 amide bonds. The molecule has 0 bridgehead atoms. The number of halogens is 1. The Kier molecular flexibility index (Phi) is 4.29. The molecule has 1 N–H and O–H groups in total. The maximum atomic E-state index is 10.9. The van der Waals surface area contributed by atoms with Crippen LogP contribution in [-0.4, -0.2) is 11.2 Å². The highest BCUT2D eigenvalue weighted by Gasteiger charge is 2.42. The predicted octanol–water partition coefficient (Wildman–Crippen LogP) is 4.93. The molecule has 1 saturated carbocycles. The van der Waals surface area contributed by atoms with Gasteiger partial charge < -0.3 is 5.11 Å². The molecule has 0 spiro atoms. The molecule has 1 aliphatic carbocycles. The van der Waals surface area contributed by atoms with Gasteiger partial charge in [0.2, 0.25) is 0 Å². The molecule has 1 aromatic heterocycles. The molecule has 1 unspecified atom stereocenters. The monoisotopic (exact) mass is 350 g/mol. The fourth-order valence-corrected chi connectivity index (χ4v) is 4.98. The molecular formula is C17H19BrOS. The molecule has 3 heteroatoms. The van der Waals surface area contributed by atoms with Crippen LogP contribution in [0.4, 0.5) is 0 Å². The Balaban J connectivity index is 1.89. The molecule has 0 radical (unpaired) electrons. The number of hydrogen-bond donors (Lipinski definition) is 1. The van der Waals surface area contributed by atoms with Gasteiger partial charge in [-0.15, -0.1) is 11.3 Å². The van der Waals surface area contributed by atoms with Gasteiger partial charge in [-0.2, -0.15) is 0 Å². The largest absolute Gasteiger partial charge is 0.392 e. The van der Waals surface area contributed by atoms with Crippen molar-refractivity contribution in [3.05, 3.63) is 56.7 Å². The Bertz CT molecular complexity index is 557. The number of rotatable bonds is 4. The lowest BCUT2D eigenvalue weighted by atomic mass is 9.73. The third-order valence-electron chi connectivity index (χ3n) is 4.55. The van der Waals surface area contributed by atoms with E-state index < -0.39 is 0 Å². The minimum Gasteiger partial charge on any atom is -0.392 e. The standard InChI is InChI=1S/C17H19BrOS/c18-14-8-11-20-15(14)12-16(19)17(9-4-5-10-17)13-6-2-1-3-7-13/h1-3,6-8,11,16,19H,4-5,9-10,12H2. The van der Waals surface area contributed by atoms with Crippen LogP contribution in [0.25, 0.3) is 0 Å². The number of aliphatic hydroxyl groups excluding tert-OH is 1. The second-order valence-electron chi connectivity index (χ2n) is 5.64. The molecule has 106 valence electrons. The van der Waals surface area contributed by atoms with Gasteiger partial charge >= 0.3 is 0 Å². The molecule has 1 aliphatic rings. The summed E-state index contributed by atoms with van der Waals surface area (Å²) in [6.07, 6.45) is 5.08. The molecule has 1 atom stereocenters. The third kappa shape index (κ3) is 2.59. The van der Waals surface area contributed by atoms with Crippen molar-refractivity contribution >= 4 is 27.3 Å². The molecule has 1 fully saturated rings. The van der Waals surface area contributed by atoms with Gasteiger partial charge in [-0.05, 0) is 45.8 Å². The molecular weight excluding hydrogens is 332 g/mol. The Morgan fingerprint density at radius 1 is 1.15 bits per heavy atom. The van der Waals surface area contributed by atoms with Gasteiger partial charge in [0.1, 0.15) is 0 Å². The summed E-state index contributed by atoms with van der Waals surface area (Å²) in [7, 11) is 0. The Morgan fingerprint density at radius 3 is 2.45 bits per heavy atom. The summed E-state index contributed by atoms with van der Waals surface area (Å²) in [5.74, 6) is 0. The van der Waals surface area contributed by atoms with Crippen molar-refractivity contribution in [2.45, 2.75) is 43.6 Å². The molecule has 20 heavy (non-hydrogen) atoms. The van der Waals surface area contributed by atoms with E-state index in [-0.39, 0.29) is 11.5 Å². The van der Waals surface area contributed by atoms with Crippen LogP contribution in [0.2, 0.25) is 0 Å². The summed E-state index contributed by atoms with van der Waals surface area (Å²) in [4.78, 5) is 1.25. The molecule has 2 aromatic rings. The fourth-order valence-electron chi connectivity index (χ4n) is 3.43. The average molecular weight is 351 g/mol. The highest BCUT2D eigenvalue weighted by Crippen LogP contribution is 2.45. The summed E-state index contributed by atoms with van der Waals surface area (Å²) in [5.41, 5.74) is 1.25. The lowest BCUT2D eigenvalue weighted by Gasteiger charge is -2.35. The normalized spacial score (nSPS) is 19.1. The highest BCUT2D eigenvalue weighted by atomic mass is 79.9. The Labute approximate surface area is 132 Å². The van der Waals surface area contributed by atoms with E-state index in [1.807, 2.05) is 6.07 Å². The predicted molar refractivity (Wildman–Crippen MR) is 88.3 cm³/mol. The van der Waals surface area contributed by atoms with Gasteiger partial charge in [0.25, 0.3) is 0 Å². The molecule has 0 saturated heterocycles. The van der Waals surface area contributed by atoms with Crippen molar-refractivity contribution in [2.24, 2.45) is 0 Å². The topological polar surface area (TPSA) is 20.2 Å². The van der Waals surface area contributed by atoms with Crippen LogP contribution in [0.5, 0.6) is 0 Å². The summed E-state index contributed by atoms with van der Waals surface area (Å²) in [5, 5.41) is 13.0. The summed E-state index contributed by atoms with van der Waals surface area (Å²) in [6.45, 7) is 0. The minimum absolute atomic E-state index is 0.0509. The van der Waals surface area contributed by atoms with Crippen molar-refractivity contribution in [1.29, 1.82) is 0 Å². The molecule has 0 aliphatic heterocycles. The number of benzene rings is 1. The van der Waals surface area contributed by atoms with Gasteiger partial charge in [0.15, 0.2) is 0 Å². The quantitative estimate of drug-likeness (QED) is 0.828. The summed E-state index contributed by atoms with van der Waals surface area (Å²) < 4.78 is 1.13. The van der Waals surface area contributed by atoms with Crippen LogP contribution >= 0.6 is 27.3 Å². The number of hydrogen-bond acceptors (Lipinski definition) is 2. The molecule has 1 nitrogen and oxygen atoms in total. The van der Waals surface area contributed by atoms with E-state index in [9.17, 15) is 5.11 Å². The highest BCUT2D eigenvalue weighted by molar-refractivity contribution is 9.10. The second-order valence-corrected chi connectivity index (χ2v) is 7.50. The van der Waals surface area contributed by atoms with Crippen molar-refractivity contribution in [3.63, 3.8) is 0 Å². The number of aliphatic hydroxyl groups is 1. The first kappa shape index (κ1) is 14.3. The minimum atomic E-state index is -0.303. The van der Waals surface area contributed by atoms with Crippen molar-refractivity contribution in [2.75, 3.05) is 0 Å². The first-order valence-corrected chi connectivity index (χ1v) is 8.85. The number of thiophene rings is 1. The van der Waals surface area contributed by atoms with Crippen molar-refractivity contribution in [3.8, 4) is 0 Å². The molecule has 3 rings (SSSR count). The van der Waals surface area contributed by atoms with Crippen LogP contribution in [-0.2, 0) is 11.8 Å². The third-order valence-corrected chi connectivity index (χ3v) is 6.50. The van der Waals surface area contributed by atoms with E-state index in [2.05, 4.69) is 51.6 Å². The summed E-state index contributed by atoms with van der Waals surface area (Å²) in [6, 6.07) is 12.6. The van der Waals surface area contributed by atoms with E-state index in [1.165, 1.54) is 23.3 Å². The van der Waals surface area contributed by atoms with Gasteiger partial charge in [0, 0.05) is 21.2 Å². The lowest BCUT2D eigenvalue weighted by Crippen LogP contribution is -2.38. The van der Waals surface area contributed by atoms with Crippen LogP contribution in [0.1, 0.15) is 36.1 Å². The maximum Gasteiger partial charge on any atom is 0.0685 e. The molecule has 1 aromatic carbocycles. The Morgan fingerprint density at radius 2 is 1.85 bits per heavy atom.